The third-order valence-corrected chi connectivity index (χ3v) is 3.64. The fourth-order valence-electron chi connectivity index (χ4n) is 2.39. The first-order valence-electron chi connectivity index (χ1n) is 6.48. The highest BCUT2D eigenvalue weighted by atomic mass is 35.5. The summed E-state index contributed by atoms with van der Waals surface area (Å²) in [6.45, 7) is 4.10. The van der Waals surface area contributed by atoms with Gasteiger partial charge in [0.25, 0.3) is 0 Å². The molecule has 0 bridgehead atoms. The predicted octanol–water partition coefficient (Wildman–Crippen LogP) is 3.84. The van der Waals surface area contributed by atoms with Gasteiger partial charge in [0.2, 0.25) is 0 Å². The molecule has 20 heavy (non-hydrogen) atoms. The van der Waals surface area contributed by atoms with Gasteiger partial charge in [-0.05, 0) is 43.5 Å². The zero-order chi connectivity index (χ0) is 14.7. The molecule has 106 valence electrons. The van der Waals surface area contributed by atoms with Crippen LogP contribution in [0, 0.1) is 19.7 Å². The van der Waals surface area contributed by atoms with Gasteiger partial charge in [-0.1, -0.05) is 47.0 Å². The summed E-state index contributed by atoms with van der Waals surface area (Å²) >= 11 is 6.07. The summed E-state index contributed by atoms with van der Waals surface area (Å²) in [6, 6.07) is 10.7. The third-order valence-electron chi connectivity index (χ3n) is 3.29. The Morgan fingerprint density at radius 1 is 1.15 bits per heavy atom. The molecule has 0 aliphatic heterocycles. The smallest absolute Gasteiger partial charge is 0.124 e. The summed E-state index contributed by atoms with van der Waals surface area (Å²) in [6.07, 6.45) is 0.610. The number of hydrazine groups is 1. The Kier molecular flexibility index (Phi) is 4.76. The molecule has 2 rings (SSSR count). The molecule has 2 nitrogen and oxygen atoms in total. The summed E-state index contributed by atoms with van der Waals surface area (Å²) in [7, 11) is 0. The Labute approximate surface area is 123 Å². The van der Waals surface area contributed by atoms with E-state index < -0.39 is 0 Å². The van der Waals surface area contributed by atoms with Crippen molar-refractivity contribution >= 4 is 11.6 Å². The van der Waals surface area contributed by atoms with Gasteiger partial charge in [-0.15, -0.1) is 0 Å². The second-order valence-corrected chi connectivity index (χ2v) is 5.49. The van der Waals surface area contributed by atoms with Gasteiger partial charge < -0.3 is 0 Å². The van der Waals surface area contributed by atoms with Gasteiger partial charge in [0.05, 0.1) is 6.04 Å². The van der Waals surface area contributed by atoms with E-state index in [1.54, 1.807) is 6.07 Å². The SMILES string of the molecule is Cc1cc(C)cc(C(Cc2ccc(F)cc2Cl)NN)c1. The Morgan fingerprint density at radius 2 is 1.80 bits per heavy atom. The molecule has 3 N–H and O–H groups in total. The molecule has 0 saturated carbocycles. The standard InChI is InChI=1S/C16H18ClFN2/c1-10-5-11(2)7-13(6-10)16(20-19)8-12-3-4-14(18)9-15(12)17/h3-7,9,16,20H,8,19H2,1-2H3. The van der Waals surface area contributed by atoms with Crippen LogP contribution in [0.15, 0.2) is 36.4 Å². The van der Waals surface area contributed by atoms with E-state index in [4.69, 9.17) is 17.4 Å². The van der Waals surface area contributed by atoms with Crippen molar-refractivity contribution in [3.8, 4) is 0 Å². The molecule has 4 heteroatoms. The van der Waals surface area contributed by atoms with Crippen molar-refractivity contribution in [3.05, 3.63) is 69.5 Å². The number of nitrogens with one attached hydrogen (secondary N) is 1. The Morgan fingerprint density at radius 3 is 2.35 bits per heavy atom. The van der Waals surface area contributed by atoms with Crippen LogP contribution >= 0.6 is 11.6 Å². The molecule has 0 aromatic heterocycles. The van der Waals surface area contributed by atoms with Crippen molar-refractivity contribution in [3.63, 3.8) is 0 Å². The second-order valence-electron chi connectivity index (χ2n) is 5.08. The lowest BCUT2D eigenvalue weighted by Gasteiger charge is -2.18. The van der Waals surface area contributed by atoms with Crippen LogP contribution in [0.25, 0.3) is 0 Å². The minimum atomic E-state index is -0.331. The van der Waals surface area contributed by atoms with E-state index in [1.807, 2.05) is 0 Å². The summed E-state index contributed by atoms with van der Waals surface area (Å²) in [4.78, 5) is 0. The highest BCUT2D eigenvalue weighted by Gasteiger charge is 2.13. The molecule has 0 spiro atoms. The Balaban J connectivity index is 2.28. The quantitative estimate of drug-likeness (QED) is 0.664. The van der Waals surface area contributed by atoms with E-state index in [0.29, 0.717) is 11.4 Å². The van der Waals surface area contributed by atoms with Crippen LogP contribution in [-0.4, -0.2) is 0 Å². The summed E-state index contributed by atoms with van der Waals surface area (Å²) in [5, 5.41) is 0.426. The van der Waals surface area contributed by atoms with Crippen molar-refractivity contribution in [1.82, 2.24) is 5.43 Å². The minimum absolute atomic E-state index is 0.0587. The fourth-order valence-corrected chi connectivity index (χ4v) is 2.64. The van der Waals surface area contributed by atoms with Crippen molar-refractivity contribution in [2.75, 3.05) is 0 Å². The third kappa shape index (κ3) is 3.57. The van der Waals surface area contributed by atoms with E-state index in [2.05, 4.69) is 37.5 Å². The van der Waals surface area contributed by atoms with Crippen molar-refractivity contribution in [1.29, 1.82) is 0 Å². The van der Waals surface area contributed by atoms with Gasteiger partial charge in [0.15, 0.2) is 0 Å². The molecule has 1 atom stereocenters. The Bertz CT molecular complexity index is 593. The van der Waals surface area contributed by atoms with Crippen molar-refractivity contribution in [2.24, 2.45) is 5.84 Å². The molecule has 0 aliphatic carbocycles. The number of hydrogen-bond donors (Lipinski definition) is 2. The van der Waals surface area contributed by atoms with E-state index in [9.17, 15) is 4.39 Å². The van der Waals surface area contributed by atoms with E-state index in [1.165, 1.54) is 23.3 Å². The van der Waals surface area contributed by atoms with Gasteiger partial charge in [-0.2, -0.15) is 0 Å². The van der Waals surface area contributed by atoms with Gasteiger partial charge in [-0.25, -0.2) is 4.39 Å². The molecule has 0 radical (unpaired) electrons. The number of hydrogen-bond acceptors (Lipinski definition) is 2. The first kappa shape index (κ1) is 15.0. The summed E-state index contributed by atoms with van der Waals surface area (Å²) in [5.74, 6) is 5.33. The van der Waals surface area contributed by atoms with Crippen LogP contribution in [-0.2, 0) is 6.42 Å². The van der Waals surface area contributed by atoms with Crippen LogP contribution < -0.4 is 11.3 Å². The van der Waals surface area contributed by atoms with Crippen LogP contribution in [0.1, 0.15) is 28.3 Å². The summed E-state index contributed by atoms with van der Waals surface area (Å²) < 4.78 is 13.1. The van der Waals surface area contributed by atoms with Crippen LogP contribution in [0.4, 0.5) is 4.39 Å². The summed E-state index contributed by atoms with van der Waals surface area (Å²) in [5.41, 5.74) is 7.15. The number of rotatable bonds is 4. The maximum absolute atomic E-state index is 13.1. The van der Waals surface area contributed by atoms with Crippen LogP contribution in [0.5, 0.6) is 0 Å². The lowest BCUT2D eigenvalue weighted by Crippen LogP contribution is -2.29. The van der Waals surface area contributed by atoms with Crippen molar-refractivity contribution in [2.45, 2.75) is 26.3 Å². The number of nitrogens with two attached hydrogens (primary N) is 1. The topological polar surface area (TPSA) is 38.0 Å². The molecule has 0 fully saturated rings. The maximum atomic E-state index is 13.1. The lowest BCUT2D eigenvalue weighted by molar-refractivity contribution is 0.550. The molecular weight excluding hydrogens is 275 g/mol. The largest absolute Gasteiger partial charge is 0.271 e. The zero-order valence-electron chi connectivity index (χ0n) is 11.6. The van der Waals surface area contributed by atoms with Gasteiger partial charge >= 0.3 is 0 Å². The van der Waals surface area contributed by atoms with Gasteiger partial charge in [0.1, 0.15) is 5.82 Å². The molecule has 0 aliphatic rings. The van der Waals surface area contributed by atoms with E-state index in [0.717, 1.165) is 11.1 Å². The fraction of sp³-hybridized carbons (Fsp3) is 0.250. The molecule has 0 saturated heterocycles. The zero-order valence-corrected chi connectivity index (χ0v) is 12.3. The number of aryl methyl sites for hydroxylation is 2. The maximum Gasteiger partial charge on any atom is 0.124 e. The molecular formula is C16H18ClFN2. The van der Waals surface area contributed by atoms with Crippen LogP contribution in [0.2, 0.25) is 5.02 Å². The molecule has 0 amide bonds. The molecule has 0 heterocycles. The number of halogens is 2. The first-order valence-corrected chi connectivity index (χ1v) is 6.85. The minimum Gasteiger partial charge on any atom is -0.271 e. The van der Waals surface area contributed by atoms with Crippen molar-refractivity contribution < 1.29 is 4.39 Å². The van der Waals surface area contributed by atoms with E-state index >= 15 is 0 Å². The normalized spacial score (nSPS) is 12.4. The molecule has 2 aromatic carbocycles. The van der Waals surface area contributed by atoms with E-state index in [-0.39, 0.29) is 11.9 Å². The van der Waals surface area contributed by atoms with Gasteiger partial charge in [-0.3, -0.25) is 11.3 Å². The Hall–Kier alpha value is -1.42. The van der Waals surface area contributed by atoms with Crippen LogP contribution in [0.3, 0.4) is 0 Å². The highest BCUT2D eigenvalue weighted by molar-refractivity contribution is 6.31. The second kappa shape index (κ2) is 6.35. The average molecular weight is 293 g/mol. The predicted molar refractivity (Wildman–Crippen MR) is 81.1 cm³/mol. The highest BCUT2D eigenvalue weighted by Crippen LogP contribution is 2.25. The van der Waals surface area contributed by atoms with Gasteiger partial charge in [0, 0.05) is 5.02 Å². The molecule has 2 aromatic rings. The first-order chi connectivity index (χ1) is 9.49. The monoisotopic (exact) mass is 292 g/mol. The lowest BCUT2D eigenvalue weighted by atomic mass is 9.96. The number of benzene rings is 2. The molecule has 1 unspecified atom stereocenters. The average Bonchev–Trinajstić information content (AvgIpc) is 2.36.